The summed E-state index contributed by atoms with van der Waals surface area (Å²) in [5.74, 6) is 1.36. The Bertz CT molecular complexity index is 417. The summed E-state index contributed by atoms with van der Waals surface area (Å²) in [6.45, 7) is 7.27. The first-order valence-corrected chi connectivity index (χ1v) is 6.59. The van der Waals surface area contributed by atoms with Crippen molar-refractivity contribution in [3.63, 3.8) is 0 Å². The molecule has 0 aliphatic heterocycles. The summed E-state index contributed by atoms with van der Waals surface area (Å²) in [7, 11) is 1.69. The molecule has 0 aliphatic carbocycles. The summed E-state index contributed by atoms with van der Waals surface area (Å²) in [6, 6.07) is 1.94. The summed E-state index contributed by atoms with van der Waals surface area (Å²) in [5.41, 5.74) is 14.8. The van der Waals surface area contributed by atoms with Crippen LogP contribution in [0.4, 0.5) is 0 Å². The molecule has 0 bridgehead atoms. The first-order chi connectivity index (χ1) is 8.47. The van der Waals surface area contributed by atoms with Crippen molar-refractivity contribution in [3.8, 4) is 5.75 Å². The van der Waals surface area contributed by atoms with Crippen LogP contribution < -0.4 is 16.2 Å². The molecular weight excluding hydrogens is 248 g/mol. The van der Waals surface area contributed by atoms with Gasteiger partial charge in [0.25, 0.3) is 0 Å². The predicted octanol–water partition coefficient (Wildman–Crippen LogP) is 2.60. The highest BCUT2D eigenvalue weighted by Gasteiger charge is 2.24. The topological polar surface area (TPSA) is 61.3 Å². The van der Waals surface area contributed by atoms with Crippen molar-refractivity contribution in [2.75, 3.05) is 20.2 Å². The maximum atomic E-state index is 6.27. The van der Waals surface area contributed by atoms with Gasteiger partial charge in [0.15, 0.2) is 0 Å². The lowest BCUT2D eigenvalue weighted by molar-refractivity contribution is 0.388. The zero-order valence-electron chi connectivity index (χ0n) is 11.6. The van der Waals surface area contributed by atoms with E-state index in [4.69, 9.17) is 27.8 Å². The van der Waals surface area contributed by atoms with Gasteiger partial charge < -0.3 is 16.2 Å². The number of benzene rings is 1. The van der Waals surface area contributed by atoms with E-state index in [9.17, 15) is 0 Å². The monoisotopic (exact) mass is 270 g/mol. The third kappa shape index (κ3) is 2.79. The molecule has 0 heterocycles. The van der Waals surface area contributed by atoms with Crippen LogP contribution in [0.25, 0.3) is 0 Å². The third-order valence-electron chi connectivity index (χ3n) is 3.68. The summed E-state index contributed by atoms with van der Waals surface area (Å²) in [6.07, 6.45) is 0. The fraction of sp³-hybridized carbons (Fsp3) is 0.571. The number of hydrogen-bond acceptors (Lipinski definition) is 3. The van der Waals surface area contributed by atoms with Crippen LogP contribution in [0.2, 0.25) is 5.02 Å². The van der Waals surface area contributed by atoms with Gasteiger partial charge in [0.2, 0.25) is 0 Å². The van der Waals surface area contributed by atoms with E-state index in [0.717, 1.165) is 27.5 Å². The molecule has 0 spiro atoms. The van der Waals surface area contributed by atoms with Gasteiger partial charge in [-0.25, -0.2) is 0 Å². The summed E-state index contributed by atoms with van der Waals surface area (Å²) >= 11 is 6.27. The standard InChI is InChI=1S/C14H23ClN2O/c1-8-5-12(15)10(3)13(14(8)18-4)9(2)11(6-16)7-17/h5,9,11H,6-7,16-17H2,1-4H3. The van der Waals surface area contributed by atoms with Crippen LogP contribution in [0.1, 0.15) is 29.5 Å². The molecule has 0 radical (unpaired) electrons. The van der Waals surface area contributed by atoms with Crippen LogP contribution in [0, 0.1) is 19.8 Å². The van der Waals surface area contributed by atoms with E-state index in [0.29, 0.717) is 13.1 Å². The Morgan fingerprint density at radius 2 is 1.83 bits per heavy atom. The highest BCUT2D eigenvalue weighted by atomic mass is 35.5. The largest absolute Gasteiger partial charge is 0.496 e. The molecule has 4 heteroatoms. The molecule has 0 amide bonds. The van der Waals surface area contributed by atoms with Gasteiger partial charge in [0.1, 0.15) is 5.75 Å². The summed E-state index contributed by atoms with van der Waals surface area (Å²) in [5, 5.41) is 0.767. The van der Waals surface area contributed by atoms with Gasteiger partial charge in [0.05, 0.1) is 7.11 Å². The molecule has 1 aromatic rings. The minimum atomic E-state index is 0.229. The van der Waals surface area contributed by atoms with Gasteiger partial charge in [-0.1, -0.05) is 18.5 Å². The van der Waals surface area contributed by atoms with E-state index < -0.39 is 0 Å². The molecule has 1 atom stereocenters. The van der Waals surface area contributed by atoms with Crippen LogP contribution in [-0.4, -0.2) is 20.2 Å². The SMILES string of the molecule is COc1c(C)cc(Cl)c(C)c1C(C)C(CN)CN. The van der Waals surface area contributed by atoms with Crippen LogP contribution in [-0.2, 0) is 0 Å². The van der Waals surface area contributed by atoms with Crippen molar-refractivity contribution < 1.29 is 4.74 Å². The van der Waals surface area contributed by atoms with Gasteiger partial charge in [-0.15, -0.1) is 0 Å². The van der Waals surface area contributed by atoms with Gasteiger partial charge in [-0.3, -0.25) is 0 Å². The van der Waals surface area contributed by atoms with Crippen molar-refractivity contribution in [2.45, 2.75) is 26.7 Å². The second kappa shape index (κ2) is 6.41. The average molecular weight is 271 g/mol. The first-order valence-electron chi connectivity index (χ1n) is 6.21. The zero-order valence-corrected chi connectivity index (χ0v) is 12.3. The van der Waals surface area contributed by atoms with Crippen molar-refractivity contribution >= 4 is 11.6 Å². The van der Waals surface area contributed by atoms with Crippen LogP contribution in [0.15, 0.2) is 6.07 Å². The zero-order chi connectivity index (χ0) is 13.9. The average Bonchev–Trinajstić information content (AvgIpc) is 2.34. The summed E-state index contributed by atoms with van der Waals surface area (Å²) < 4.78 is 5.53. The Kier molecular flexibility index (Phi) is 5.45. The molecule has 3 nitrogen and oxygen atoms in total. The maximum Gasteiger partial charge on any atom is 0.125 e. The highest BCUT2D eigenvalue weighted by molar-refractivity contribution is 6.31. The molecule has 1 unspecified atom stereocenters. The number of aryl methyl sites for hydroxylation is 1. The molecule has 102 valence electrons. The fourth-order valence-electron chi connectivity index (χ4n) is 2.43. The van der Waals surface area contributed by atoms with E-state index in [-0.39, 0.29) is 11.8 Å². The number of halogens is 1. The van der Waals surface area contributed by atoms with Gasteiger partial charge >= 0.3 is 0 Å². The third-order valence-corrected chi connectivity index (χ3v) is 4.07. The Labute approximate surface area is 114 Å². The lowest BCUT2D eigenvalue weighted by Gasteiger charge is -2.26. The second-order valence-corrected chi connectivity index (χ2v) is 5.17. The number of nitrogens with two attached hydrogens (primary N) is 2. The molecule has 1 rings (SSSR count). The smallest absolute Gasteiger partial charge is 0.125 e. The van der Waals surface area contributed by atoms with Crippen molar-refractivity contribution in [1.82, 2.24) is 0 Å². The molecule has 0 aromatic heterocycles. The normalized spacial score (nSPS) is 12.9. The van der Waals surface area contributed by atoms with E-state index in [1.54, 1.807) is 7.11 Å². The van der Waals surface area contributed by atoms with Crippen molar-refractivity contribution in [3.05, 3.63) is 27.8 Å². The quantitative estimate of drug-likeness (QED) is 0.865. The maximum absolute atomic E-state index is 6.27. The molecule has 1 aromatic carbocycles. The lowest BCUT2D eigenvalue weighted by atomic mass is 9.83. The first kappa shape index (κ1) is 15.3. The fourth-order valence-corrected chi connectivity index (χ4v) is 2.70. The van der Waals surface area contributed by atoms with Gasteiger partial charge in [-0.2, -0.15) is 0 Å². The van der Waals surface area contributed by atoms with Crippen LogP contribution in [0.3, 0.4) is 0 Å². The van der Waals surface area contributed by atoms with E-state index in [1.165, 1.54) is 0 Å². The second-order valence-electron chi connectivity index (χ2n) is 4.77. The Morgan fingerprint density at radius 3 is 2.28 bits per heavy atom. The molecule has 0 fully saturated rings. The van der Waals surface area contributed by atoms with E-state index in [2.05, 4.69) is 6.92 Å². The molecule has 0 saturated carbocycles. The van der Waals surface area contributed by atoms with Gasteiger partial charge in [0, 0.05) is 10.6 Å². The number of methoxy groups -OCH3 is 1. The number of hydrogen-bond donors (Lipinski definition) is 2. The molecule has 18 heavy (non-hydrogen) atoms. The van der Waals surface area contributed by atoms with E-state index in [1.807, 2.05) is 19.9 Å². The van der Waals surface area contributed by atoms with E-state index >= 15 is 0 Å². The minimum absolute atomic E-state index is 0.229. The lowest BCUT2D eigenvalue weighted by Crippen LogP contribution is -2.28. The molecular formula is C14H23ClN2O. The number of rotatable bonds is 5. The van der Waals surface area contributed by atoms with Crippen molar-refractivity contribution in [2.24, 2.45) is 17.4 Å². The molecule has 0 saturated heterocycles. The molecule has 0 aliphatic rings. The Balaban J connectivity index is 3.37. The molecule has 4 N–H and O–H groups in total. The minimum Gasteiger partial charge on any atom is -0.496 e. The summed E-state index contributed by atoms with van der Waals surface area (Å²) in [4.78, 5) is 0. The Morgan fingerprint density at radius 1 is 1.28 bits per heavy atom. The Hall–Kier alpha value is -0.770. The van der Waals surface area contributed by atoms with Crippen LogP contribution >= 0.6 is 11.6 Å². The van der Waals surface area contributed by atoms with Crippen molar-refractivity contribution in [1.29, 1.82) is 0 Å². The highest BCUT2D eigenvalue weighted by Crippen LogP contribution is 2.39. The number of ether oxygens (including phenoxy) is 1. The van der Waals surface area contributed by atoms with Gasteiger partial charge in [-0.05, 0) is 56.0 Å². The van der Waals surface area contributed by atoms with Crippen LogP contribution in [0.5, 0.6) is 5.75 Å². The predicted molar refractivity (Wildman–Crippen MR) is 77.5 cm³/mol.